The number of aryl methyl sites for hydroxylation is 2. The van der Waals surface area contributed by atoms with Gasteiger partial charge in [-0.2, -0.15) is 0 Å². The Labute approximate surface area is 158 Å². The molecule has 1 fully saturated rings. The third kappa shape index (κ3) is 4.28. The maximum absolute atomic E-state index is 4.65. The maximum atomic E-state index is 4.65. The highest BCUT2D eigenvalue weighted by atomic mass is 15.2. The molecule has 3 aromatic heterocycles. The minimum Gasteiger partial charge on any atom is -0.347 e. The number of rotatable bonds is 5. The van der Waals surface area contributed by atoms with Crippen LogP contribution in [-0.4, -0.2) is 47.9 Å². The van der Waals surface area contributed by atoms with Crippen molar-refractivity contribution < 1.29 is 0 Å². The fraction of sp³-hybridized carbons (Fsp3) is 0.421. The summed E-state index contributed by atoms with van der Waals surface area (Å²) in [5.74, 6) is 1.64. The minimum absolute atomic E-state index is 0.323. The molecular formula is C19H24N8. The topological polar surface area (TPSA) is 95.5 Å². The number of nitrogens with zero attached hydrogens (tertiary/aromatic N) is 6. The fourth-order valence-corrected chi connectivity index (χ4v) is 3.67. The van der Waals surface area contributed by atoms with Crippen molar-refractivity contribution >= 4 is 11.8 Å². The molecule has 4 heterocycles. The SMILES string of the molecule is Cc1cc(C)nc(Nc2nccnc2[C@@H]2CCCN(Cc3cnc[nH]3)C2)n1. The summed E-state index contributed by atoms with van der Waals surface area (Å²) in [5.41, 5.74) is 3.98. The van der Waals surface area contributed by atoms with Crippen molar-refractivity contribution in [2.45, 2.75) is 39.2 Å². The van der Waals surface area contributed by atoms with E-state index in [0.29, 0.717) is 11.9 Å². The first kappa shape index (κ1) is 17.5. The Kier molecular flexibility index (Phi) is 5.06. The minimum atomic E-state index is 0.323. The average Bonchev–Trinajstić information content (AvgIpc) is 3.14. The van der Waals surface area contributed by atoms with Crippen molar-refractivity contribution in [3.63, 3.8) is 0 Å². The number of aromatic amines is 1. The molecule has 27 heavy (non-hydrogen) atoms. The number of hydrogen-bond acceptors (Lipinski definition) is 7. The van der Waals surface area contributed by atoms with Gasteiger partial charge in [0, 0.05) is 54.7 Å². The van der Waals surface area contributed by atoms with Gasteiger partial charge in [0.2, 0.25) is 5.95 Å². The molecule has 0 radical (unpaired) electrons. The van der Waals surface area contributed by atoms with E-state index in [1.54, 1.807) is 18.7 Å². The zero-order valence-corrected chi connectivity index (χ0v) is 15.7. The van der Waals surface area contributed by atoms with Gasteiger partial charge >= 0.3 is 0 Å². The van der Waals surface area contributed by atoms with Crippen molar-refractivity contribution in [1.82, 2.24) is 34.8 Å². The van der Waals surface area contributed by atoms with E-state index in [1.807, 2.05) is 26.1 Å². The predicted octanol–water partition coefficient (Wildman–Crippen LogP) is 2.73. The third-order valence-corrected chi connectivity index (χ3v) is 4.78. The molecule has 1 atom stereocenters. The summed E-state index contributed by atoms with van der Waals surface area (Å²) in [6.45, 7) is 6.83. The summed E-state index contributed by atoms with van der Waals surface area (Å²) in [6, 6.07) is 1.96. The van der Waals surface area contributed by atoms with Crippen LogP contribution in [0, 0.1) is 13.8 Å². The van der Waals surface area contributed by atoms with Gasteiger partial charge in [-0.1, -0.05) is 0 Å². The second-order valence-corrected chi connectivity index (χ2v) is 7.04. The second kappa shape index (κ2) is 7.79. The number of piperidine rings is 1. The molecule has 140 valence electrons. The van der Waals surface area contributed by atoms with Crippen LogP contribution < -0.4 is 5.32 Å². The number of H-pyrrole nitrogens is 1. The zero-order valence-electron chi connectivity index (χ0n) is 15.7. The molecule has 0 aromatic carbocycles. The Morgan fingerprint density at radius 2 is 2.00 bits per heavy atom. The molecule has 0 bridgehead atoms. The standard InChI is InChI=1S/C19H24N8/c1-13-8-14(2)25-19(24-13)26-18-17(21-5-6-22-18)15-4-3-7-27(10-15)11-16-9-20-12-23-16/h5-6,8-9,12,15H,3-4,7,10-11H2,1-2H3,(H,20,23)(H,22,24,25,26)/t15-/m1/s1. The molecule has 0 unspecified atom stereocenters. The number of hydrogen-bond donors (Lipinski definition) is 2. The summed E-state index contributed by atoms with van der Waals surface area (Å²) in [7, 11) is 0. The Morgan fingerprint density at radius 3 is 2.78 bits per heavy atom. The Morgan fingerprint density at radius 1 is 1.19 bits per heavy atom. The summed E-state index contributed by atoms with van der Waals surface area (Å²) in [4.78, 5) is 27.8. The lowest BCUT2D eigenvalue weighted by molar-refractivity contribution is 0.197. The smallest absolute Gasteiger partial charge is 0.228 e. The normalized spacial score (nSPS) is 17.8. The van der Waals surface area contributed by atoms with Gasteiger partial charge in [-0.25, -0.2) is 19.9 Å². The van der Waals surface area contributed by atoms with E-state index >= 15 is 0 Å². The lowest BCUT2D eigenvalue weighted by atomic mass is 9.94. The van der Waals surface area contributed by atoms with Gasteiger partial charge in [0.15, 0.2) is 5.82 Å². The molecule has 3 aromatic rings. The van der Waals surface area contributed by atoms with Crippen molar-refractivity contribution in [2.24, 2.45) is 0 Å². The van der Waals surface area contributed by atoms with Crippen molar-refractivity contribution in [3.8, 4) is 0 Å². The molecule has 8 heteroatoms. The maximum Gasteiger partial charge on any atom is 0.228 e. The molecule has 0 amide bonds. The van der Waals surface area contributed by atoms with Gasteiger partial charge < -0.3 is 10.3 Å². The molecule has 1 saturated heterocycles. The molecule has 0 saturated carbocycles. The quantitative estimate of drug-likeness (QED) is 0.718. The van der Waals surface area contributed by atoms with E-state index in [1.165, 1.54) is 0 Å². The number of anilines is 2. The van der Waals surface area contributed by atoms with Crippen molar-refractivity contribution in [1.29, 1.82) is 0 Å². The summed E-state index contributed by atoms with van der Waals surface area (Å²) in [6.07, 6.45) is 9.31. The van der Waals surface area contributed by atoms with Crippen molar-refractivity contribution in [2.75, 3.05) is 18.4 Å². The van der Waals surface area contributed by atoms with Gasteiger partial charge in [-0.05, 0) is 39.3 Å². The molecule has 8 nitrogen and oxygen atoms in total. The van der Waals surface area contributed by atoms with Crippen LogP contribution in [0.25, 0.3) is 0 Å². The Hall–Kier alpha value is -2.87. The van der Waals surface area contributed by atoms with E-state index in [-0.39, 0.29) is 0 Å². The van der Waals surface area contributed by atoms with E-state index in [2.05, 4.69) is 40.1 Å². The first-order valence-corrected chi connectivity index (χ1v) is 9.27. The van der Waals surface area contributed by atoms with E-state index in [4.69, 9.17) is 0 Å². The predicted molar refractivity (Wildman–Crippen MR) is 103 cm³/mol. The number of nitrogens with one attached hydrogen (secondary N) is 2. The van der Waals surface area contributed by atoms with Gasteiger partial charge in [-0.15, -0.1) is 0 Å². The lowest BCUT2D eigenvalue weighted by Gasteiger charge is -2.32. The summed E-state index contributed by atoms with van der Waals surface area (Å²) >= 11 is 0. The molecule has 0 aliphatic carbocycles. The first-order chi connectivity index (χ1) is 13.2. The molecule has 2 N–H and O–H groups in total. The van der Waals surface area contributed by atoms with Crippen LogP contribution >= 0.6 is 0 Å². The van der Waals surface area contributed by atoms with Crippen LogP contribution in [0.4, 0.5) is 11.8 Å². The highest BCUT2D eigenvalue weighted by molar-refractivity contribution is 5.52. The van der Waals surface area contributed by atoms with Crippen LogP contribution in [0.1, 0.15) is 41.5 Å². The monoisotopic (exact) mass is 364 g/mol. The molecule has 1 aliphatic rings. The molecular weight excluding hydrogens is 340 g/mol. The highest BCUT2D eigenvalue weighted by Crippen LogP contribution is 2.30. The van der Waals surface area contributed by atoms with Crippen LogP contribution in [-0.2, 0) is 6.54 Å². The van der Waals surface area contributed by atoms with Gasteiger partial charge in [-0.3, -0.25) is 9.88 Å². The largest absolute Gasteiger partial charge is 0.347 e. The number of likely N-dealkylation sites (tertiary alicyclic amines) is 1. The number of imidazole rings is 1. The first-order valence-electron chi connectivity index (χ1n) is 9.27. The summed E-state index contributed by atoms with van der Waals surface area (Å²) in [5, 5.41) is 3.28. The Bertz CT molecular complexity index is 872. The molecule has 1 aliphatic heterocycles. The zero-order chi connectivity index (χ0) is 18.6. The van der Waals surface area contributed by atoms with E-state index < -0.39 is 0 Å². The van der Waals surface area contributed by atoms with Gasteiger partial charge in [0.05, 0.1) is 12.0 Å². The molecule has 0 spiro atoms. The van der Waals surface area contributed by atoms with Crippen LogP contribution in [0.3, 0.4) is 0 Å². The average molecular weight is 364 g/mol. The van der Waals surface area contributed by atoms with Crippen molar-refractivity contribution in [3.05, 3.63) is 53.8 Å². The van der Waals surface area contributed by atoms with Gasteiger partial charge in [0.25, 0.3) is 0 Å². The van der Waals surface area contributed by atoms with Crippen LogP contribution in [0.5, 0.6) is 0 Å². The van der Waals surface area contributed by atoms with Crippen LogP contribution in [0.15, 0.2) is 31.0 Å². The van der Waals surface area contributed by atoms with E-state index in [9.17, 15) is 0 Å². The second-order valence-electron chi connectivity index (χ2n) is 7.04. The molecule has 4 rings (SSSR count). The van der Waals surface area contributed by atoms with Crippen LogP contribution in [0.2, 0.25) is 0 Å². The fourth-order valence-electron chi connectivity index (χ4n) is 3.67. The third-order valence-electron chi connectivity index (χ3n) is 4.78. The number of aromatic nitrogens is 6. The Balaban J connectivity index is 1.53. The van der Waals surface area contributed by atoms with Gasteiger partial charge in [0.1, 0.15) is 0 Å². The lowest BCUT2D eigenvalue weighted by Crippen LogP contribution is -2.34. The summed E-state index contributed by atoms with van der Waals surface area (Å²) < 4.78 is 0. The highest BCUT2D eigenvalue weighted by Gasteiger charge is 2.25. The van der Waals surface area contributed by atoms with E-state index in [0.717, 1.165) is 61.1 Å².